The van der Waals surface area contributed by atoms with E-state index in [2.05, 4.69) is 45.3 Å². The summed E-state index contributed by atoms with van der Waals surface area (Å²) in [6.07, 6.45) is 2.70. The summed E-state index contributed by atoms with van der Waals surface area (Å²) in [5.41, 5.74) is 3.27. The fourth-order valence-electron chi connectivity index (χ4n) is 3.79. The van der Waals surface area contributed by atoms with Gasteiger partial charge in [-0.1, -0.05) is 13.0 Å². The van der Waals surface area contributed by atoms with Crippen LogP contribution in [0.3, 0.4) is 0 Å². The summed E-state index contributed by atoms with van der Waals surface area (Å²) < 4.78 is 13.3. The van der Waals surface area contributed by atoms with Crippen LogP contribution in [0.5, 0.6) is 0 Å². The second kappa shape index (κ2) is 11.6. The fourth-order valence-corrected chi connectivity index (χ4v) is 3.79. The number of aryl methyl sites for hydroxylation is 1. The average molecular weight is 427 g/mol. The van der Waals surface area contributed by atoms with E-state index in [1.807, 2.05) is 25.3 Å². The number of guanidine groups is 1. The first-order valence-electron chi connectivity index (χ1n) is 11.3. The van der Waals surface area contributed by atoms with E-state index < -0.39 is 0 Å². The minimum Gasteiger partial charge on any atom is -0.357 e. The Labute approximate surface area is 185 Å². The molecule has 0 amide bonds. The summed E-state index contributed by atoms with van der Waals surface area (Å²) in [5.74, 6) is 1.64. The zero-order chi connectivity index (χ0) is 22.1. The number of rotatable bonds is 8. The molecular formula is C24H35FN6. The lowest BCUT2D eigenvalue weighted by molar-refractivity contribution is 0.270. The molecule has 1 aromatic carbocycles. The number of hydrogen-bond acceptors (Lipinski definition) is 4. The number of piperazine rings is 1. The molecule has 1 aliphatic rings. The van der Waals surface area contributed by atoms with Crippen molar-refractivity contribution >= 4 is 11.8 Å². The molecule has 1 fully saturated rings. The van der Waals surface area contributed by atoms with Crippen molar-refractivity contribution in [2.45, 2.75) is 33.7 Å². The number of aromatic nitrogens is 1. The second-order valence-electron chi connectivity index (χ2n) is 7.89. The van der Waals surface area contributed by atoms with Gasteiger partial charge >= 0.3 is 0 Å². The van der Waals surface area contributed by atoms with Gasteiger partial charge in [-0.05, 0) is 67.8 Å². The van der Waals surface area contributed by atoms with Gasteiger partial charge in [-0.3, -0.25) is 0 Å². The number of benzene rings is 1. The number of nitrogens with one attached hydrogen (secondary N) is 2. The van der Waals surface area contributed by atoms with Crippen molar-refractivity contribution in [3.8, 4) is 0 Å². The van der Waals surface area contributed by atoms with Crippen LogP contribution in [0, 0.1) is 12.7 Å². The standard InChI is InChI=1S/C24H35FN6/c1-4-26-24(28-11-9-21-6-7-22(25)16-19(21)3)29-18-20-8-10-27-23(17-20)31-14-12-30(5-2)13-15-31/h6-8,10,16-17H,4-5,9,11-15,18H2,1-3H3,(H2,26,28,29). The fraction of sp³-hybridized carbons (Fsp3) is 0.500. The zero-order valence-corrected chi connectivity index (χ0v) is 19.0. The SMILES string of the molecule is CCNC(=NCc1ccnc(N2CCN(CC)CC2)c1)NCCc1ccc(F)cc1C. The van der Waals surface area contributed by atoms with Gasteiger partial charge in [-0.25, -0.2) is 14.4 Å². The number of halogens is 1. The van der Waals surface area contributed by atoms with Crippen molar-refractivity contribution in [3.05, 3.63) is 59.0 Å². The highest BCUT2D eigenvalue weighted by atomic mass is 19.1. The smallest absolute Gasteiger partial charge is 0.191 e. The summed E-state index contributed by atoms with van der Waals surface area (Å²) >= 11 is 0. The third-order valence-electron chi connectivity index (χ3n) is 5.71. The molecule has 1 saturated heterocycles. The molecule has 0 bridgehead atoms. The van der Waals surface area contributed by atoms with Crippen molar-refractivity contribution in [2.75, 3.05) is 50.7 Å². The molecule has 7 heteroatoms. The van der Waals surface area contributed by atoms with Gasteiger partial charge < -0.3 is 20.4 Å². The van der Waals surface area contributed by atoms with E-state index in [0.717, 1.165) is 80.7 Å². The van der Waals surface area contributed by atoms with E-state index in [1.54, 1.807) is 6.07 Å². The lowest BCUT2D eigenvalue weighted by Crippen LogP contribution is -2.46. The van der Waals surface area contributed by atoms with Crippen LogP contribution in [-0.4, -0.2) is 61.7 Å². The highest BCUT2D eigenvalue weighted by Crippen LogP contribution is 2.16. The van der Waals surface area contributed by atoms with Crippen molar-refractivity contribution in [2.24, 2.45) is 4.99 Å². The molecule has 1 aliphatic heterocycles. The van der Waals surface area contributed by atoms with Crippen LogP contribution in [0.2, 0.25) is 0 Å². The summed E-state index contributed by atoms with van der Waals surface area (Å²) in [4.78, 5) is 14.1. The Balaban J connectivity index is 1.56. The molecule has 0 aliphatic carbocycles. The number of likely N-dealkylation sites (N-methyl/N-ethyl adjacent to an activating group) is 1. The van der Waals surface area contributed by atoms with Gasteiger partial charge in [-0.2, -0.15) is 0 Å². The Morgan fingerprint density at radius 3 is 2.61 bits per heavy atom. The molecule has 2 N–H and O–H groups in total. The quantitative estimate of drug-likeness (QED) is 0.502. The topological polar surface area (TPSA) is 55.8 Å². The van der Waals surface area contributed by atoms with Gasteiger partial charge in [0.05, 0.1) is 6.54 Å². The van der Waals surface area contributed by atoms with E-state index >= 15 is 0 Å². The second-order valence-corrected chi connectivity index (χ2v) is 7.89. The minimum absolute atomic E-state index is 0.187. The lowest BCUT2D eigenvalue weighted by Gasteiger charge is -2.34. The first-order chi connectivity index (χ1) is 15.1. The Kier molecular flexibility index (Phi) is 8.64. The largest absolute Gasteiger partial charge is 0.357 e. The van der Waals surface area contributed by atoms with Gasteiger partial charge in [0.2, 0.25) is 0 Å². The average Bonchev–Trinajstić information content (AvgIpc) is 2.79. The maximum atomic E-state index is 13.3. The molecule has 2 aromatic rings. The summed E-state index contributed by atoms with van der Waals surface area (Å²) in [5, 5.41) is 6.68. The van der Waals surface area contributed by atoms with E-state index in [9.17, 15) is 4.39 Å². The number of pyridine rings is 1. The highest BCUT2D eigenvalue weighted by molar-refractivity contribution is 5.79. The third kappa shape index (κ3) is 6.92. The van der Waals surface area contributed by atoms with Gasteiger partial charge in [0.15, 0.2) is 5.96 Å². The molecule has 31 heavy (non-hydrogen) atoms. The van der Waals surface area contributed by atoms with Crippen LogP contribution in [0.1, 0.15) is 30.5 Å². The Morgan fingerprint density at radius 1 is 1.10 bits per heavy atom. The van der Waals surface area contributed by atoms with Crippen LogP contribution in [0.15, 0.2) is 41.5 Å². The maximum Gasteiger partial charge on any atom is 0.191 e. The van der Waals surface area contributed by atoms with Gasteiger partial charge in [0.25, 0.3) is 0 Å². The van der Waals surface area contributed by atoms with Crippen molar-refractivity contribution in [1.29, 1.82) is 0 Å². The van der Waals surface area contributed by atoms with Crippen LogP contribution in [0.4, 0.5) is 10.2 Å². The van der Waals surface area contributed by atoms with Gasteiger partial charge in [0.1, 0.15) is 11.6 Å². The van der Waals surface area contributed by atoms with Crippen LogP contribution in [0.25, 0.3) is 0 Å². The van der Waals surface area contributed by atoms with E-state index in [4.69, 9.17) is 4.99 Å². The molecule has 6 nitrogen and oxygen atoms in total. The predicted octanol–water partition coefficient (Wildman–Crippen LogP) is 2.97. The summed E-state index contributed by atoms with van der Waals surface area (Å²) in [6.45, 7) is 13.6. The van der Waals surface area contributed by atoms with Gasteiger partial charge in [-0.15, -0.1) is 0 Å². The van der Waals surface area contributed by atoms with E-state index in [-0.39, 0.29) is 5.82 Å². The minimum atomic E-state index is -0.187. The van der Waals surface area contributed by atoms with E-state index in [1.165, 1.54) is 6.07 Å². The lowest BCUT2D eigenvalue weighted by atomic mass is 10.1. The highest BCUT2D eigenvalue weighted by Gasteiger charge is 2.16. The Morgan fingerprint density at radius 2 is 1.90 bits per heavy atom. The molecule has 0 unspecified atom stereocenters. The molecule has 1 aromatic heterocycles. The van der Waals surface area contributed by atoms with Crippen LogP contribution >= 0.6 is 0 Å². The monoisotopic (exact) mass is 426 g/mol. The maximum absolute atomic E-state index is 13.3. The first-order valence-corrected chi connectivity index (χ1v) is 11.3. The molecule has 2 heterocycles. The molecule has 0 saturated carbocycles. The zero-order valence-electron chi connectivity index (χ0n) is 19.0. The predicted molar refractivity (Wildman–Crippen MR) is 126 cm³/mol. The van der Waals surface area contributed by atoms with Crippen molar-refractivity contribution in [3.63, 3.8) is 0 Å². The molecule has 0 radical (unpaired) electrons. The molecular weight excluding hydrogens is 391 g/mol. The van der Waals surface area contributed by atoms with Crippen molar-refractivity contribution < 1.29 is 4.39 Å². The molecule has 0 spiro atoms. The Hall–Kier alpha value is -2.67. The third-order valence-corrected chi connectivity index (χ3v) is 5.71. The Bertz CT molecular complexity index is 861. The molecule has 3 rings (SSSR count). The van der Waals surface area contributed by atoms with Crippen LogP contribution in [-0.2, 0) is 13.0 Å². The van der Waals surface area contributed by atoms with E-state index in [0.29, 0.717) is 6.54 Å². The summed E-state index contributed by atoms with van der Waals surface area (Å²) in [6, 6.07) is 9.13. The van der Waals surface area contributed by atoms with Gasteiger partial charge in [0, 0.05) is 45.5 Å². The summed E-state index contributed by atoms with van der Waals surface area (Å²) in [7, 11) is 0. The molecule has 168 valence electrons. The van der Waals surface area contributed by atoms with Crippen molar-refractivity contribution in [1.82, 2.24) is 20.5 Å². The normalized spacial score (nSPS) is 15.2. The molecule has 0 atom stereocenters. The first kappa shape index (κ1) is 23.0. The number of hydrogen-bond donors (Lipinski definition) is 2. The number of anilines is 1. The number of nitrogens with zero attached hydrogens (tertiary/aromatic N) is 4. The van der Waals surface area contributed by atoms with Crippen LogP contribution < -0.4 is 15.5 Å². The number of aliphatic imine (C=N–C) groups is 1.